The van der Waals surface area contributed by atoms with Gasteiger partial charge in [0.1, 0.15) is 0 Å². The number of anilines is 1. The Balaban J connectivity index is 2.09. The van der Waals surface area contributed by atoms with E-state index < -0.39 is 0 Å². The van der Waals surface area contributed by atoms with Gasteiger partial charge in [0, 0.05) is 18.3 Å². The third kappa shape index (κ3) is 2.82. The van der Waals surface area contributed by atoms with E-state index in [4.69, 9.17) is 0 Å². The van der Waals surface area contributed by atoms with Gasteiger partial charge < -0.3 is 9.88 Å². The molecule has 1 saturated carbocycles. The normalized spacial score (nSPS) is 23.3. The van der Waals surface area contributed by atoms with Crippen LogP contribution in [0.15, 0.2) is 6.20 Å². The largest absolute Gasteiger partial charge is 0.353 e. The Hall–Kier alpha value is -0.990. The number of rotatable bonds is 3. The zero-order chi connectivity index (χ0) is 12.6. The first-order chi connectivity index (χ1) is 7.87. The summed E-state index contributed by atoms with van der Waals surface area (Å²) in [6.45, 7) is 11.2. The Morgan fingerprint density at radius 2 is 2.18 bits per heavy atom. The van der Waals surface area contributed by atoms with Crippen molar-refractivity contribution < 1.29 is 0 Å². The third-order valence-corrected chi connectivity index (χ3v) is 3.71. The highest BCUT2D eigenvalue weighted by Crippen LogP contribution is 2.38. The number of aryl methyl sites for hydroxylation is 1. The maximum atomic E-state index is 4.59. The fraction of sp³-hybridized carbons (Fsp3) is 0.786. The van der Waals surface area contributed by atoms with Crippen LogP contribution in [0.5, 0.6) is 0 Å². The SMILES string of the molecule is Cc1cn(C(C)C)c(NC2CCC(C)(C)C2)n1. The third-order valence-electron chi connectivity index (χ3n) is 3.71. The van der Waals surface area contributed by atoms with Gasteiger partial charge in [-0.15, -0.1) is 0 Å². The quantitative estimate of drug-likeness (QED) is 0.864. The molecule has 2 rings (SSSR count). The fourth-order valence-electron chi connectivity index (χ4n) is 2.76. The molecule has 1 heterocycles. The Morgan fingerprint density at radius 1 is 1.47 bits per heavy atom. The van der Waals surface area contributed by atoms with Gasteiger partial charge in [-0.05, 0) is 45.4 Å². The van der Waals surface area contributed by atoms with Crippen LogP contribution in [0.2, 0.25) is 0 Å². The molecule has 0 amide bonds. The highest BCUT2D eigenvalue weighted by Gasteiger charge is 2.31. The molecule has 0 spiro atoms. The molecule has 3 nitrogen and oxygen atoms in total. The van der Waals surface area contributed by atoms with Gasteiger partial charge in [0.25, 0.3) is 0 Å². The predicted octanol–water partition coefficient (Wildman–Crippen LogP) is 3.76. The first-order valence-electron chi connectivity index (χ1n) is 6.69. The highest BCUT2D eigenvalue weighted by atomic mass is 15.2. The predicted molar refractivity (Wildman–Crippen MR) is 72.4 cm³/mol. The Bertz CT molecular complexity index is 390. The number of hydrogen-bond donors (Lipinski definition) is 1. The monoisotopic (exact) mass is 235 g/mol. The number of nitrogens with zero attached hydrogens (tertiary/aromatic N) is 2. The van der Waals surface area contributed by atoms with Crippen LogP contribution in [0, 0.1) is 12.3 Å². The minimum absolute atomic E-state index is 0.466. The summed E-state index contributed by atoms with van der Waals surface area (Å²) in [4.78, 5) is 4.59. The molecule has 0 saturated heterocycles. The molecule has 0 aliphatic heterocycles. The number of imidazole rings is 1. The molecule has 1 unspecified atom stereocenters. The van der Waals surface area contributed by atoms with E-state index in [0.29, 0.717) is 17.5 Å². The zero-order valence-corrected chi connectivity index (χ0v) is 11.7. The zero-order valence-electron chi connectivity index (χ0n) is 11.7. The van der Waals surface area contributed by atoms with Crippen molar-refractivity contribution in [1.82, 2.24) is 9.55 Å². The van der Waals surface area contributed by atoms with Crippen LogP contribution in [-0.2, 0) is 0 Å². The summed E-state index contributed by atoms with van der Waals surface area (Å²) < 4.78 is 2.24. The van der Waals surface area contributed by atoms with Gasteiger partial charge in [0.2, 0.25) is 5.95 Å². The summed E-state index contributed by atoms with van der Waals surface area (Å²) in [6, 6.07) is 1.05. The Labute approximate surface area is 105 Å². The lowest BCUT2D eigenvalue weighted by Gasteiger charge is -2.19. The molecule has 1 atom stereocenters. The van der Waals surface area contributed by atoms with E-state index >= 15 is 0 Å². The Kier molecular flexibility index (Phi) is 3.19. The van der Waals surface area contributed by atoms with E-state index in [0.717, 1.165) is 11.6 Å². The number of aromatic nitrogens is 2. The topological polar surface area (TPSA) is 29.9 Å². The second-order valence-corrected chi connectivity index (χ2v) is 6.46. The van der Waals surface area contributed by atoms with Gasteiger partial charge >= 0.3 is 0 Å². The van der Waals surface area contributed by atoms with Crippen LogP contribution >= 0.6 is 0 Å². The first-order valence-corrected chi connectivity index (χ1v) is 6.69. The second-order valence-electron chi connectivity index (χ2n) is 6.46. The number of hydrogen-bond acceptors (Lipinski definition) is 2. The average Bonchev–Trinajstić information content (AvgIpc) is 2.70. The second kappa shape index (κ2) is 4.35. The van der Waals surface area contributed by atoms with Crippen LogP contribution in [0.3, 0.4) is 0 Å². The van der Waals surface area contributed by atoms with E-state index in [2.05, 4.69) is 55.7 Å². The summed E-state index contributed by atoms with van der Waals surface area (Å²) in [5, 5.41) is 3.62. The molecule has 1 aromatic rings. The summed E-state index contributed by atoms with van der Waals surface area (Å²) >= 11 is 0. The van der Waals surface area contributed by atoms with Crippen LogP contribution in [0.4, 0.5) is 5.95 Å². The van der Waals surface area contributed by atoms with E-state index in [1.54, 1.807) is 0 Å². The van der Waals surface area contributed by atoms with Crippen molar-refractivity contribution in [2.45, 2.75) is 66.0 Å². The molecule has 1 aliphatic carbocycles. The molecular formula is C14H25N3. The smallest absolute Gasteiger partial charge is 0.203 e. The van der Waals surface area contributed by atoms with Gasteiger partial charge in [-0.1, -0.05) is 13.8 Å². The van der Waals surface area contributed by atoms with E-state index in [9.17, 15) is 0 Å². The minimum Gasteiger partial charge on any atom is -0.353 e. The van der Waals surface area contributed by atoms with Crippen molar-refractivity contribution >= 4 is 5.95 Å². The standard InChI is InChI=1S/C14H25N3/c1-10(2)17-9-11(3)15-13(17)16-12-6-7-14(4,5)8-12/h9-10,12H,6-8H2,1-5H3,(H,15,16). The number of nitrogens with one attached hydrogen (secondary N) is 1. The maximum Gasteiger partial charge on any atom is 0.203 e. The molecule has 1 aliphatic rings. The molecule has 1 fully saturated rings. The molecule has 3 heteroatoms. The molecule has 1 aromatic heterocycles. The molecule has 1 N–H and O–H groups in total. The van der Waals surface area contributed by atoms with E-state index in [1.807, 2.05) is 0 Å². The summed E-state index contributed by atoms with van der Waals surface area (Å²) in [6.07, 6.45) is 5.95. The van der Waals surface area contributed by atoms with Gasteiger partial charge in [0.05, 0.1) is 5.69 Å². The van der Waals surface area contributed by atoms with Gasteiger partial charge in [-0.2, -0.15) is 0 Å². The van der Waals surface area contributed by atoms with Crippen molar-refractivity contribution in [2.24, 2.45) is 5.41 Å². The van der Waals surface area contributed by atoms with Crippen LogP contribution in [-0.4, -0.2) is 15.6 Å². The summed E-state index contributed by atoms with van der Waals surface area (Å²) in [5.74, 6) is 1.04. The first kappa shape index (κ1) is 12.5. The van der Waals surface area contributed by atoms with Gasteiger partial charge in [-0.25, -0.2) is 4.98 Å². The maximum absolute atomic E-state index is 4.59. The lowest BCUT2D eigenvalue weighted by Crippen LogP contribution is -2.20. The van der Waals surface area contributed by atoms with Crippen molar-refractivity contribution in [1.29, 1.82) is 0 Å². The van der Waals surface area contributed by atoms with Crippen molar-refractivity contribution in [3.05, 3.63) is 11.9 Å². The van der Waals surface area contributed by atoms with Crippen LogP contribution in [0.25, 0.3) is 0 Å². The van der Waals surface area contributed by atoms with Gasteiger partial charge in [0.15, 0.2) is 0 Å². The summed E-state index contributed by atoms with van der Waals surface area (Å²) in [5.41, 5.74) is 1.58. The molecule has 96 valence electrons. The minimum atomic E-state index is 0.466. The molecular weight excluding hydrogens is 210 g/mol. The van der Waals surface area contributed by atoms with Crippen molar-refractivity contribution in [3.8, 4) is 0 Å². The molecule has 0 radical (unpaired) electrons. The lowest BCUT2D eigenvalue weighted by molar-refractivity contribution is 0.378. The van der Waals surface area contributed by atoms with Crippen molar-refractivity contribution in [3.63, 3.8) is 0 Å². The lowest BCUT2D eigenvalue weighted by atomic mass is 9.92. The molecule has 0 bridgehead atoms. The van der Waals surface area contributed by atoms with E-state index in [1.165, 1.54) is 19.3 Å². The van der Waals surface area contributed by atoms with E-state index in [-0.39, 0.29) is 0 Å². The van der Waals surface area contributed by atoms with Crippen LogP contribution in [0.1, 0.15) is 58.7 Å². The summed E-state index contributed by atoms with van der Waals surface area (Å²) in [7, 11) is 0. The average molecular weight is 235 g/mol. The fourth-order valence-corrected chi connectivity index (χ4v) is 2.76. The van der Waals surface area contributed by atoms with Gasteiger partial charge in [-0.3, -0.25) is 0 Å². The highest BCUT2D eigenvalue weighted by molar-refractivity contribution is 5.31. The molecule has 0 aromatic carbocycles. The van der Waals surface area contributed by atoms with Crippen molar-refractivity contribution in [2.75, 3.05) is 5.32 Å². The van der Waals surface area contributed by atoms with Crippen LogP contribution < -0.4 is 5.32 Å². The Morgan fingerprint density at radius 3 is 2.71 bits per heavy atom. The molecule has 17 heavy (non-hydrogen) atoms.